The minimum atomic E-state index is -0.990. The van der Waals surface area contributed by atoms with Crippen LogP contribution < -0.4 is 15.3 Å². The lowest BCUT2D eigenvalue weighted by Crippen LogP contribution is -2.01. The van der Waals surface area contributed by atoms with E-state index in [1.165, 1.54) is 24.4 Å². The topological polar surface area (TPSA) is 94.0 Å². The predicted molar refractivity (Wildman–Crippen MR) is 86.7 cm³/mol. The van der Waals surface area contributed by atoms with E-state index in [-0.39, 0.29) is 22.1 Å². The Kier molecular flexibility index (Phi) is 5.43. The molecule has 0 saturated heterocycles. The van der Waals surface area contributed by atoms with Crippen molar-refractivity contribution in [2.24, 2.45) is 5.10 Å². The Balaban J connectivity index is 2.09. The lowest BCUT2D eigenvalue weighted by atomic mass is 10.2. The predicted octanol–water partition coefficient (Wildman–Crippen LogP) is 2.96. The molecule has 6 nitrogen and oxygen atoms in total. The zero-order valence-electron chi connectivity index (χ0n) is 12.2. The normalized spacial score (nSPS) is 10.7. The van der Waals surface area contributed by atoms with E-state index in [1.54, 1.807) is 25.1 Å². The molecular weight excluding hydrogens is 320 g/mol. The second-order valence-electron chi connectivity index (χ2n) is 4.52. The lowest BCUT2D eigenvalue weighted by molar-refractivity contribution is -0.270. The van der Waals surface area contributed by atoms with E-state index >= 15 is 0 Å². The van der Waals surface area contributed by atoms with Crippen LogP contribution in [-0.4, -0.2) is 23.9 Å². The summed E-state index contributed by atoms with van der Waals surface area (Å²) in [5.74, 6) is -1.18. The van der Waals surface area contributed by atoms with Crippen molar-refractivity contribution >= 4 is 29.5 Å². The van der Waals surface area contributed by atoms with Gasteiger partial charge in [-0.3, -0.25) is 5.43 Å². The summed E-state index contributed by atoms with van der Waals surface area (Å²) >= 11 is 5.87. The first kappa shape index (κ1) is 16.6. The minimum Gasteiger partial charge on any atom is -0.869 e. The fraction of sp³-hybridized carbons (Fsp3) is 0.125. The number of halogens is 1. The van der Waals surface area contributed by atoms with Crippen LogP contribution in [0.4, 0.5) is 5.69 Å². The van der Waals surface area contributed by atoms with Crippen LogP contribution in [0.25, 0.3) is 0 Å². The van der Waals surface area contributed by atoms with Gasteiger partial charge in [-0.2, -0.15) is 5.10 Å². The molecule has 0 unspecified atom stereocenters. The van der Waals surface area contributed by atoms with E-state index < -0.39 is 5.97 Å². The van der Waals surface area contributed by atoms with Crippen molar-refractivity contribution in [1.29, 1.82) is 0 Å². The first-order chi connectivity index (χ1) is 11.0. The molecule has 0 amide bonds. The largest absolute Gasteiger partial charge is 0.869 e. The molecule has 0 saturated carbocycles. The average Bonchev–Trinajstić information content (AvgIpc) is 2.53. The molecule has 0 bridgehead atoms. The van der Waals surface area contributed by atoms with Gasteiger partial charge in [0.2, 0.25) is 0 Å². The smallest absolute Gasteiger partial charge is 0.335 e. The standard InChI is InChI=1S/C16H15ClN2O4/c1-2-23-14-8-10(7-13(17)15(14)20)9-18-19-12-5-3-11(4-6-12)16(21)22/h3-9,19-20H,2H2,1H3,(H,21,22)/p-1/b18-9+. The Labute approximate surface area is 138 Å². The van der Waals surface area contributed by atoms with Crippen molar-refractivity contribution in [3.63, 3.8) is 0 Å². The summed E-state index contributed by atoms with van der Waals surface area (Å²) in [4.78, 5) is 10.8. The van der Waals surface area contributed by atoms with Crippen LogP contribution in [0.2, 0.25) is 5.02 Å². The molecule has 0 atom stereocenters. The quantitative estimate of drug-likeness (QED) is 0.626. The fourth-order valence-corrected chi connectivity index (χ4v) is 2.01. The lowest BCUT2D eigenvalue weighted by Gasteiger charge is -2.16. The van der Waals surface area contributed by atoms with Crippen molar-refractivity contribution in [3.05, 3.63) is 52.5 Å². The highest BCUT2D eigenvalue weighted by atomic mass is 35.5. The number of carboxylic acid groups (broad SMARTS) is 1. The molecule has 0 fully saturated rings. The van der Waals surface area contributed by atoms with Crippen LogP contribution in [-0.2, 0) is 0 Å². The SMILES string of the molecule is CCOc1cc(/C=N/Nc2ccc(C(=O)O)cc2)cc(Cl)c1[O-]. The second-order valence-corrected chi connectivity index (χ2v) is 4.92. The number of hydrogen-bond acceptors (Lipinski definition) is 5. The number of hydrogen-bond donors (Lipinski definition) is 2. The van der Waals surface area contributed by atoms with Gasteiger partial charge in [-0.25, -0.2) is 4.79 Å². The molecule has 120 valence electrons. The van der Waals surface area contributed by atoms with Crippen LogP contribution in [0.15, 0.2) is 41.5 Å². The van der Waals surface area contributed by atoms with E-state index in [1.807, 2.05) is 0 Å². The highest BCUT2D eigenvalue weighted by Crippen LogP contribution is 2.32. The number of ether oxygens (including phenoxy) is 1. The number of nitrogens with one attached hydrogen (secondary N) is 1. The van der Waals surface area contributed by atoms with Gasteiger partial charge in [0.1, 0.15) is 5.75 Å². The van der Waals surface area contributed by atoms with Crippen molar-refractivity contribution in [1.82, 2.24) is 0 Å². The van der Waals surface area contributed by atoms with Gasteiger partial charge in [-0.05, 0) is 54.6 Å². The monoisotopic (exact) mass is 333 g/mol. The highest BCUT2D eigenvalue weighted by molar-refractivity contribution is 6.32. The van der Waals surface area contributed by atoms with Gasteiger partial charge in [0.05, 0.1) is 24.1 Å². The van der Waals surface area contributed by atoms with Crippen molar-refractivity contribution in [2.45, 2.75) is 6.92 Å². The molecule has 0 aliphatic heterocycles. The zero-order chi connectivity index (χ0) is 16.8. The molecule has 2 N–H and O–H groups in total. The summed E-state index contributed by atoms with van der Waals surface area (Å²) < 4.78 is 5.22. The summed E-state index contributed by atoms with van der Waals surface area (Å²) in [6.45, 7) is 2.14. The minimum absolute atomic E-state index is 0.0585. The van der Waals surface area contributed by atoms with Crippen molar-refractivity contribution in [2.75, 3.05) is 12.0 Å². The highest BCUT2D eigenvalue weighted by Gasteiger charge is 2.03. The number of carboxylic acids is 1. The number of anilines is 1. The van der Waals surface area contributed by atoms with Crippen molar-refractivity contribution < 1.29 is 19.7 Å². The number of benzene rings is 2. The van der Waals surface area contributed by atoms with Gasteiger partial charge < -0.3 is 14.9 Å². The second kappa shape index (κ2) is 7.51. The fourth-order valence-electron chi connectivity index (χ4n) is 1.79. The Hall–Kier alpha value is -2.73. The maximum atomic E-state index is 11.7. The summed E-state index contributed by atoms with van der Waals surface area (Å²) in [6, 6.07) is 9.18. The Morgan fingerprint density at radius 1 is 1.39 bits per heavy atom. The molecule has 0 spiro atoms. The molecular formula is C16H14ClN2O4-. The molecule has 0 aliphatic rings. The maximum Gasteiger partial charge on any atom is 0.335 e. The number of aromatic carboxylic acids is 1. The molecule has 7 heteroatoms. The van der Waals surface area contributed by atoms with Gasteiger partial charge >= 0.3 is 5.97 Å². The molecule has 0 heterocycles. The van der Waals surface area contributed by atoms with E-state index in [0.717, 1.165) is 0 Å². The van der Waals surface area contributed by atoms with Crippen LogP contribution in [0.3, 0.4) is 0 Å². The molecule has 0 radical (unpaired) electrons. The van der Waals surface area contributed by atoms with Gasteiger partial charge in [-0.15, -0.1) is 0 Å². The molecule has 2 aromatic carbocycles. The molecule has 2 rings (SSSR count). The Bertz CT molecular complexity index is 730. The molecule has 2 aromatic rings. The van der Waals surface area contributed by atoms with Crippen LogP contribution in [0, 0.1) is 0 Å². The third-order valence-corrected chi connectivity index (χ3v) is 3.15. The summed E-state index contributed by atoms with van der Waals surface area (Å²) in [6.07, 6.45) is 1.49. The molecule has 0 aliphatic carbocycles. The third-order valence-electron chi connectivity index (χ3n) is 2.87. The van der Waals surface area contributed by atoms with Crippen LogP contribution >= 0.6 is 11.6 Å². The third kappa shape index (κ3) is 4.37. The first-order valence-corrected chi connectivity index (χ1v) is 7.15. The number of hydrazone groups is 1. The summed E-state index contributed by atoms with van der Waals surface area (Å²) in [5, 5.41) is 24.6. The van der Waals surface area contributed by atoms with Gasteiger partial charge in [0.15, 0.2) is 0 Å². The van der Waals surface area contributed by atoms with Gasteiger partial charge in [-0.1, -0.05) is 11.6 Å². The number of rotatable bonds is 6. The Morgan fingerprint density at radius 2 is 2.09 bits per heavy atom. The summed E-state index contributed by atoms with van der Waals surface area (Å²) in [5.41, 5.74) is 4.18. The number of nitrogens with zero attached hydrogens (tertiary/aromatic N) is 1. The molecule has 23 heavy (non-hydrogen) atoms. The first-order valence-electron chi connectivity index (χ1n) is 6.77. The van der Waals surface area contributed by atoms with Crippen LogP contribution in [0.1, 0.15) is 22.8 Å². The van der Waals surface area contributed by atoms with E-state index in [0.29, 0.717) is 17.9 Å². The van der Waals surface area contributed by atoms with Gasteiger partial charge in [0.25, 0.3) is 0 Å². The zero-order valence-corrected chi connectivity index (χ0v) is 13.0. The van der Waals surface area contributed by atoms with Gasteiger partial charge in [0, 0.05) is 5.02 Å². The average molecular weight is 334 g/mol. The van der Waals surface area contributed by atoms with E-state index in [9.17, 15) is 9.90 Å². The summed E-state index contributed by atoms with van der Waals surface area (Å²) in [7, 11) is 0. The van der Waals surface area contributed by atoms with Crippen LogP contribution in [0.5, 0.6) is 11.5 Å². The van der Waals surface area contributed by atoms with Crippen molar-refractivity contribution in [3.8, 4) is 11.5 Å². The molecule has 0 aromatic heterocycles. The Morgan fingerprint density at radius 3 is 2.70 bits per heavy atom. The maximum absolute atomic E-state index is 11.7. The van der Waals surface area contributed by atoms with E-state index in [2.05, 4.69) is 10.5 Å². The number of carbonyl (C=O) groups is 1. The van der Waals surface area contributed by atoms with E-state index in [4.69, 9.17) is 21.4 Å².